The third-order valence-electron chi connectivity index (χ3n) is 6.48. The Morgan fingerprint density at radius 3 is 2.02 bits per heavy atom. The Bertz CT molecular complexity index is 1350. The highest BCUT2D eigenvalue weighted by atomic mass is 16.4. The van der Waals surface area contributed by atoms with Crippen molar-refractivity contribution in [2.24, 2.45) is 5.73 Å². The van der Waals surface area contributed by atoms with Crippen molar-refractivity contribution in [2.75, 3.05) is 49.6 Å². The number of hydrogen-bond donors (Lipinski definition) is 5. The molecule has 14 nitrogen and oxygen atoms in total. The summed E-state index contributed by atoms with van der Waals surface area (Å²) in [7, 11) is 1.76. The molecule has 4 rings (SSSR count). The molecule has 2 unspecified atom stereocenters. The van der Waals surface area contributed by atoms with Crippen molar-refractivity contribution in [1.29, 1.82) is 0 Å². The molecule has 14 heteroatoms. The summed E-state index contributed by atoms with van der Waals surface area (Å²) in [5.41, 5.74) is 9.50. The number of carbonyl (C=O) groups excluding carboxylic acids is 1. The molecule has 1 aromatic carbocycles. The van der Waals surface area contributed by atoms with E-state index in [4.69, 9.17) is 26.2 Å². The molecule has 0 bridgehead atoms. The summed E-state index contributed by atoms with van der Waals surface area (Å²) in [5.74, 6) is -1.85. The number of carboxylic acids is 2. The number of carboxylic acid groups (broad SMARTS) is 2. The van der Waals surface area contributed by atoms with Crippen LogP contribution in [0.2, 0.25) is 0 Å². The van der Waals surface area contributed by atoms with Crippen molar-refractivity contribution in [2.45, 2.75) is 25.7 Å². The Kier molecular flexibility index (Phi) is 11.2. The van der Waals surface area contributed by atoms with E-state index in [1.807, 2.05) is 43.6 Å². The van der Waals surface area contributed by atoms with Crippen LogP contribution in [0.4, 0.5) is 11.8 Å². The summed E-state index contributed by atoms with van der Waals surface area (Å²) in [4.78, 5) is 51.3. The highest BCUT2D eigenvalue weighted by Crippen LogP contribution is 2.22. The van der Waals surface area contributed by atoms with E-state index in [9.17, 15) is 14.4 Å². The first-order valence-electron chi connectivity index (χ1n) is 13.1. The molecule has 2 aromatic heterocycles. The predicted octanol–water partition coefficient (Wildman–Crippen LogP) is -0.0319. The van der Waals surface area contributed by atoms with Gasteiger partial charge in [0.1, 0.15) is 5.82 Å². The second-order valence-corrected chi connectivity index (χ2v) is 9.60. The smallest absolute Gasteiger partial charge is 0.335 e. The van der Waals surface area contributed by atoms with Crippen LogP contribution < -0.4 is 15.5 Å². The lowest BCUT2D eigenvalue weighted by Crippen LogP contribution is -2.47. The summed E-state index contributed by atoms with van der Waals surface area (Å²) < 4.78 is 0. The molecule has 1 aliphatic rings. The van der Waals surface area contributed by atoms with Gasteiger partial charge in [0.05, 0.1) is 6.54 Å². The van der Waals surface area contributed by atoms with Gasteiger partial charge in [-0.1, -0.05) is 24.3 Å². The van der Waals surface area contributed by atoms with Gasteiger partial charge < -0.3 is 40.9 Å². The number of benzene rings is 1. The topological polar surface area (TPSA) is 207 Å². The van der Waals surface area contributed by atoms with Crippen LogP contribution in [0.1, 0.15) is 11.3 Å². The maximum atomic E-state index is 11.7. The van der Waals surface area contributed by atoms with Crippen molar-refractivity contribution >= 4 is 29.6 Å². The van der Waals surface area contributed by atoms with Gasteiger partial charge in [-0.05, 0) is 36.2 Å². The number of aliphatic hydroxyl groups is 2. The van der Waals surface area contributed by atoms with E-state index in [-0.39, 0.29) is 12.5 Å². The van der Waals surface area contributed by atoms with Crippen molar-refractivity contribution < 1.29 is 34.8 Å². The molecular weight excluding hydrogens is 546 g/mol. The molecule has 3 aromatic rings. The number of piperazine rings is 1. The Labute approximate surface area is 242 Å². The molecule has 1 fully saturated rings. The third-order valence-corrected chi connectivity index (χ3v) is 6.48. The van der Waals surface area contributed by atoms with Crippen LogP contribution in [-0.2, 0) is 20.9 Å². The van der Waals surface area contributed by atoms with Gasteiger partial charge in [-0.15, -0.1) is 0 Å². The SMILES string of the molecule is Cc1cccc(N2CCN(c3ncc(-c4cccc(CN(C)C(=O)CN)c4)cn3)CC2)n1.O=C(O)C(O)C(O)C(=O)O. The molecule has 0 spiro atoms. The van der Waals surface area contributed by atoms with Gasteiger partial charge in [-0.3, -0.25) is 4.79 Å². The zero-order valence-corrected chi connectivity index (χ0v) is 23.4. The molecule has 224 valence electrons. The quantitative estimate of drug-likeness (QED) is 0.225. The number of aliphatic carboxylic acids is 2. The first-order valence-corrected chi connectivity index (χ1v) is 13.1. The minimum Gasteiger partial charge on any atom is -0.479 e. The monoisotopic (exact) mass is 581 g/mol. The van der Waals surface area contributed by atoms with Crippen LogP contribution >= 0.6 is 0 Å². The van der Waals surface area contributed by atoms with Gasteiger partial charge in [-0.25, -0.2) is 24.5 Å². The average Bonchev–Trinajstić information content (AvgIpc) is 3.00. The number of hydrogen-bond acceptors (Lipinski definition) is 11. The molecule has 0 saturated carbocycles. The highest BCUT2D eigenvalue weighted by molar-refractivity contribution is 5.83. The van der Waals surface area contributed by atoms with Crippen molar-refractivity contribution in [3.63, 3.8) is 0 Å². The van der Waals surface area contributed by atoms with Gasteiger partial charge in [0.15, 0.2) is 12.2 Å². The summed E-state index contributed by atoms with van der Waals surface area (Å²) >= 11 is 0. The average molecular weight is 582 g/mol. The Morgan fingerprint density at radius 1 is 0.905 bits per heavy atom. The van der Waals surface area contributed by atoms with E-state index in [0.29, 0.717) is 6.54 Å². The fourth-order valence-corrected chi connectivity index (χ4v) is 4.11. The van der Waals surface area contributed by atoms with Crippen LogP contribution in [-0.4, -0.2) is 110 Å². The predicted molar refractivity (Wildman–Crippen MR) is 154 cm³/mol. The first-order chi connectivity index (χ1) is 20.0. The number of rotatable bonds is 9. The summed E-state index contributed by atoms with van der Waals surface area (Å²) in [5, 5.41) is 32.5. The molecule has 42 heavy (non-hydrogen) atoms. The fourth-order valence-electron chi connectivity index (χ4n) is 4.11. The minimum absolute atomic E-state index is 0.0151. The zero-order valence-electron chi connectivity index (χ0n) is 23.4. The van der Waals surface area contributed by atoms with Crippen molar-refractivity contribution in [3.8, 4) is 11.1 Å². The summed E-state index contributed by atoms with van der Waals surface area (Å²) in [6.45, 7) is 6.03. The Balaban J connectivity index is 0.000000416. The van der Waals surface area contributed by atoms with E-state index in [2.05, 4.69) is 43.0 Å². The van der Waals surface area contributed by atoms with Crippen LogP contribution in [0.5, 0.6) is 0 Å². The molecular formula is C28H35N7O7. The van der Waals surface area contributed by atoms with Gasteiger partial charge >= 0.3 is 11.9 Å². The maximum Gasteiger partial charge on any atom is 0.335 e. The van der Waals surface area contributed by atoms with Crippen LogP contribution in [0.15, 0.2) is 54.9 Å². The third kappa shape index (κ3) is 8.67. The number of pyridine rings is 1. The normalized spacial score (nSPS) is 14.3. The van der Waals surface area contributed by atoms with E-state index in [1.165, 1.54) is 0 Å². The lowest BCUT2D eigenvalue weighted by molar-refractivity contribution is -0.165. The minimum atomic E-state index is -2.27. The molecule has 1 amide bonds. The first kappa shape index (κ1) is 31.9. The van der Waals surface area contributed by atoms with Crippen molar-refractivity contribution in [1.82, 2.24) is 19.9 Å². The second-order valence-electron chi connectivity index (χ2n) is 9.60. The van der Waals surface area contributed by atoms with Crippen molar-refractivity contribution in [3.05, 3.63) is 66.1 Å². The standard InChI is InChI=1S/C24H29N7O.C4H6O6/c1-18-5-3-8-22(28-18)30-9-11-31(12-10-30)24-26-15-21(16-27-24)20-7-4-6-19(13-20)17-29(2)23(32)14-25;5-1(3(7)8)2(6)4(9)10/h3-8,13,15-16H,9-12,14,17,25H2,1-2H3;1-2,5-6H,(H,7,8)(H,9,10). The van der Waals surface area contributed by atoms with Gasteiger partial charge in [0.2, 0.25) is 11.9 Å². The highest BCUT2D eigenvalue weighted by Gasteiger charge is 2.29. The maximum absolute atomic E-state index is 11.7. The zero-order chi connectivity index (χ0) is 30.8. The van der Waals surface area contributed by atoms with E-state index in [0.717, 1.165) is 60.3 Å². The van der Waals surface area contributed by atoms with Gasteiger partial charge in [0, 0.05) is 63.4 Å². The summed E-state index contributed by atoms with van der Waals surface area (Å²) in [6, 6.07) is 14.2. The Morgan fingerprint density at radius 2 is 1.48 bits per heavy atom. The molecule has 3 heterocycles. The molecule has 0 radical (unpaired) electrons. The number of nitrogens with two attached hydrogens (primary N) is 1. The van der Waals surface area contributed by atoms with Gasteiger partial charge in [0.25, 0.3) is 0 Å². The number of aliphatic hydroxyl groups excluding tert-OH is 2. The summed E-state index contributed by atoms with van der Waals surface area (Å²) in [6.07, 6.45) is -0.801. The molecule has 1 saturated heterocycles. The lowest BCUT2D eigenvalue weighted by Gasteiger charge is -2.35. The lowest BCUT2D eigenvalue weighted by atomic mass is 10.1. The molecule has 6 N–H and O–H groups in total. The number of aryl methyl sites for hydroxylation is 1. The number of likely N-dealkylation sites (N-methyl/N-ethyl adjacent to an activating group) is 1. The van der Waals surface area contributed by atoms with E-state index in [1.54, 1.807) is 11.9 Å². The van der Waals surface area contributed by atoms with Crippen LogP contribution in [0, 0.1) is 6.92 Å². The Hall–Kier alpha value is -4.66. The number of aromatic nitrogens is 3. The van der Waals surface area contributed by atoms with E-state index >= 15 is 0 Å². The molecule has 1 aliphatic heterocycles. The number of anilines is 2. The number of amides is 1. The number of nitrogens with zero attached hydrogens (tertiary/aromatic N) is 6. The molecule has 0 aliphatic carbocycles. The van der Waals surface area contributed by atoms with E-state index < -0.39 is 24.1 Å². The van der Waals surface area contributed by atoms with Crippen LogP contribution in [0.3, 0.4) is 0 Å². The second kappa shape index (κ2) is 14.8. The number of carbonyl (C=O) groups is 3. The van der Waals surface area contributed by atoms with Crippen LogP contribution in [0.25, 0.3) is 11.1 Å². The van der Waals surface area contributed by atoms with Gasteiger partial charge in [-0.2, -0.15) is 0 Å². The largest absolute Gasteiger partial charge is 0.479 e. The fraction of sp³-hybridized carbons (Fsp3) is 0.357. The molecule has 2 atom stereocenters.